The van der Waals surface area contributed by atoms with Crippen LogP contribution in [0.15, 0.2) is 70.2 Å². The number of rotatable bonds is 4. The van der Waals surface area contributed by atoms with E-state index in [0.29, 0.717) is 17.9 Å². The minimum absolute atomic E-state index is 0.266. The number of aliphatic hydroxyl groups is 1. The van der Waals surface area contributed by atoms with Crippen LogP contribution in [0.25, 0.3) is 33.6 Å². The smallest absolute Gasteiger partial charge is 0.175 e. The number of hydrogen-bond donors (Lipinski definition) is 1. The van der Waals surface area contributed by atoms with Gasteiger partial charge in [0.05, 0.1) is 11.0 Å². The zero-order valence-electron chi connectivity index (χ0n) is 16.9. The average molecular weight is 436 g/mol. The zero-order valence-corrected chi connectivity index (χ0v) is 17.7. The maximum atomic E-state index is 11.7. The predicted molar refractivity (Wildman–Crippen MR) is 119 cm³/mol. The Kier molecular flexibility index (Phi) is 4.75. The molecule has 0 radical (unpaired) electrons. The first-order valence-electron chi connectivity index (χ1n) is 9.97. The van der Waals surface area contributed by atoms with Crippen LogP contribution >= 0.6 is 0 Å². The third-order valence-corrected chi connectivity index (χ3v) is 6.65. The van der Waals surface area contributed by atoms with E-state index in [2.05, 4.69) is 14.9 Å². The highest BCUT2D eigenvalue weighted by Crippen LogP contribution is 2.35. The lowest BCUT2D eigenvalue weighted by Crippen LogP contribution is -2.22. The minimum Gasteiger partial charge on any atom is -0.454 e. The summed E-state index contributed by atoms with van der Waals surface area (Å²) in [6, 6.07) is 14.3. The van der Waals surface area contributed by atoms with Crippen molar-refractivity contribution in [3.05, 3.63) is 60.9 Å². The van der Waals surface area contributed by atoms with E-state index in [9.17, 15) is 13.5 Å². The SMILES string of the molecule is CS(=O)(=O)c1ccc(-c2cc3nccc(-c4ccnc(N5CCC(O)C5)c4)c3o2)cc1. The number of hydrogen-bond acceptors (Lipinski definition) is 7. The Bertz CT molecular complexity index is 1360. The van der Waals surface area contributed by atoms with Gasteiger partial charge < -0.3 is 14.4 Å². The molecule has 8 heteroatoms. The molecule has 4 heterocycles. The molecule has 1 N–H and O–H groups in total. The van der Waals surface area contributed by atoms with Gasteiger partial charge in [-0.1, -0.05) is 0 Å². The third-order valence-electron chi connectivity index (χ3n) is 5.52. The summed E-state index contributed by atoms with van der Waals surface area (Å²) in [7, 11) is -3.25. The highest BCUT2D eigenvalue weighted by Gasteiger charge is 2.22. The van der Waals surface area contributed by atoms with Gasteiger partial charge in [0.1, 0.15) is 17.1 Å². The molecular formula is C23H21N3O4S. The number of β-amino-alcohol motifs (C(OH)–C–C–N with tert-alkyl or cyclic N) is 1. The standard InChI is InChI=1S/C23H21N3O4S/c1-31(28,29)18-4-2-15(3-5-18)21-13-20-23(30-21)19(7-10-24-20)16-6-9-25-22(12-16)26-11-8-17(27)14-26/h2-7,9-10,12-13,17,27H,8,11,14H2,1H3. The summed E-state index contributed by atoms with van der Waals surface area (Å²) in [5, 5.41) is 9.84. The summed E-state index contributed by atoms with van der Waals surface area (Å²) in [5.74, 6) is 1.44. The Labute approximate surface area is 179 Å². The number of anilines is 1. The molecule has 0 saturated carbocycles. The summed E-state index contributed by atoms with van der Waals surface area (Å²) in [5.41, 5.74) is 4.00. The fourth-order valence-electron chi connectivity index (χ4n) is 3.88. The Morgan fingerprint density at radius 3 is 2.52 bits per heavy atom. The molecule has 0 amide bonds. The van der Waals surface area contributed by atoms with Gasteiger partial charge in [-0.05, 0) is 54.4 Å². The van der Waals surface area contributed by atoms with Crippen LogP contribution in [0.3, 0.4) is 0 Å². The molecule has 7 nitrogen and oxygen atoms in total. The Morgan fingerprint density at radius 2 is 1.81 bits per heavy atom. The number of nitrogens with zero attached hydrogens (tertiary/aromatic N) is 3. The normalized spacial score (nSPS) is 16.8. The Balaban J connectivity index is 1.54. The molecule has 31 heavy (non-hydrogen) atoms. The van der Waals surface area contributed by atoms with Crippen LogP contribution in [-0.2, 0) is 9.84 Å². The quantitative estimate of drug-likeness (QED) is 0.524. The van der Waals surface area contributed by atoms with Gasteiger partial charge in [0.25, 0.3) is 0 Å². The van der Waals surface area contributed by atoms with Gasteiger partial charge in [-0.15, -0.1) is 0 Å². The highest BCUT2D eigenvalue weighted by atomic mass is 32.2. The third kappa shape index (κ3) is 3.80. The van der Waals surface area contributed by atoms with E-state index in [1.807, 2.05) is 24.3 Å². The van der Waals surface area contributed by atoms with E-state index < -0.39 is 9.84 Å². The van der Waals surface area contributed by atoms with Crippen molar-refractivity contribution >= 4 is 26.8 Å². The maximum absolute atomic E-state index is 11.7. The molecule has 1 aliphatic rings. The van der Waals surface area contributed by atoms with Crippen LogP contribution in [0, 0.1) is 0 Å². The van der Waals surface area contributed by atoms with Crippen LogP contribution in [0.5, 0.6) is 0 Å². The van der Waals surface area contributed by atoms with Crippen molar-refractivity contribution < 1.29 is 17.9 Å². The molecule has 5 rings (SSSR count). The van der Waals surface area contributed by atoms with E-state index in [4.69, 9.17) is 4.42 Å². The van der Waals surface area contributed by atoms with Crippen LogP contribution in [0.1, 0.15) is 6.42 Å². The number of pyridine rings is 2. The van der Waals surface area contributed by atoms with Crippen molar-refractivity contribution in [1.29, 1.82) is 0 Å². The van der Waals surface area contributed by atoms with E-state index in [-0.39, 0.29) is 11.0 Å². The van der Waals surface area contributed by atoms with Gasteiger partial charge in [-0.3, -0.25) is 4.98 Å². The Hall–Kier alpha value is -3.23. The lowest BCUT2D eigenvalue weighted by molar-refractivity contribution is 0.198. The van der Waals surface area contributed by atoms with Gasteiger partial charge in [0, 0.05) is 48.9 Å². The van der Waals surface area contributed by atoms with Gasteiger partial charge in [-0.2, -0.15) is 0 Å². The molecule has 0 bridgehead atoms. The van der Waals surface area contributed by atoms with Gasteiger partial charge in [0.15, 0.2) is 15.4 Å². The van der Waals surface area contributed by atoms with Crippen LogP contribution < -0.4 is 4.90 Å². The number of fused-ring (bicyclic) bond motifs is 1. The summed E-state index contributed by atoms with van der Waals surface area (Å²) >= 11 is 0. The first-order valence-corrected chi connectivity index (χ1v) is 11.9. The predicted octanol–water partition coefficient (Wildman–Crippen LogP) is 3.53. The lowest BCUT2D eigenvalue weighted by atomic mass is 10.1. The van der Waals surface area contributed by atoms with Crippen molar-refractivity contribution in [2.75, 3.05) is 24.2 Å². The molecular weight excluding hydrogens is 414 g/mol. The molecule has 1 unspecified atom stereocenters. The van der Waals surface area contributed by atoms with Crippen LogP contribution in [-0.4, -0.2) is 48.9 Å². The van der Waals surface area contributed by atoms with E-state index in [0.717, 1.165) is 41.0 Å². The molecule has 1 saturated heterocycles. The molecule has 1 atom stereocenters. The fraction of sp³-hybridized carbons (Fsp3) is 0.217. The van der Waals surface area contributed by atoms with Crippen LogP contribution in [0.2, 0.25) is 0 Å². The molecule has 1 aromatic carbocycles. The second-order valence-corrected chi connectivity index (χ2v) is 9.79. The van der Waals surface area contributed by atoms with E-state index >= 15 is 0 Å². The van der Waals surface area contributed by atoms with Gasteiger partial charge >= 0.3 is 0 Å². The largest absolute Gasteiger partial charge is 0.454 e. The summed E-state index contributed by atoms with van der Waals surface area (Å²) in [6.45, 7) is 1.36. The van der Waals surface area contributed by atoms with Crippen molar-refractivity contribution in [1.82, 2.24) is 9.97 Å². The van der Waals surface area contributed by atoms with Crippen molar-refractivity contribution in [2.45, 2.75) is 17.4 Å². The highest BCUT2D eigenvalue weighted by molar-refractivity contribution is 7.90. The Morgan fingerprint density at radius 1 is 1.03 bits per heavy atom. The second kappa shape index (κ2) is 7.47. The first-order chi connectivity index (χ1) is 14.9. The van der Waals surface area contributed by atoms with Gasteiger partial charge in [0.2, 0.25) is 0 Å². The van der Waals surface area contributed by atoms with Crippen molar-refractivity contribution in [3.63, 3.8) is 0 Å². The first kappa shape index (κ1) is 19.7. The summed E-state index contributed by atoms with van der Waals surface area (Å²) < 4.78 is 29.6. The second-order valence-electron chi connectivity index (χ2n) is 7.77. The molecule has 0 spiro atoms. The van der Waals surface area contributed by atoms with E-state index in [1.165, 1.54) is 6.26 Å². The molecule has 1 fully saturated rings. The molecule has 4 aromatic rings. The summed E-state index contributed by atoms with van der Waals surface area (Å²) in [4.78, 5) is 11.2. The monoisotopic (exact) mass is 435 g/mol. The number of benzene rings is 1. The number of furan rings is 1. The number of aromatic nitrogens is 2. The number of aliphatic hydroxyl groups excluding tert-OH is 1. The summed E-state index contributed by atoms with van der Waals surface area (Å²) in [6.07, 6.45) is 5.11. The molecule has 3 aromatic heterocycles. The van der Waals surface area contributed by atoms with Crippen molar-refractivity contribution in [2.24, 2.45) is 0 Å². The molecule has 0 aliphatic carbocycles. The van der Waals surface area contributed by atoms with Gasteiger partial charge in [-0.25, -0.2) is 13.4 Å². The fourth-order valence-corrected chi connectivity index (χ4v) is 4.51. The average Bonchev–Trinajstić information content (AvgIpc) is 3.39. The zero-order chi connectivity index (χ0) is 21.6. The maximum Gasteiger partial charge on any atom is 0.175 e. The van der Waals surface area contributed by atoms with Crippen LogP contribution in [0.4, 0.5) is 5.82 Å². The van der Waals surface area contributed by atoms with Crippen molar-refractivity contribution in [3.8, 4) is 22.5 Å². The van der Waals surface area contributed by atoms with E-state index in [1.54, 1.807) is 36.7 Å². The lowest BCUT2D eigenvalue weighted by Gasteiger charge is -2.17. The topological polar surface area (TPSA) is 96.5 Å². The number of sulfone groups is 1. The molecule has 1 aliphatic heterocycles. The molecule has 158 valence electrons. The minimum atomic E-state index is -3.25.